The summed E-state index contributed by atoms with van der Waals surface area (Å²) in [4.78, 5) is 0. The second-order valence-electron chi connectivity index (χ2n) is 4.41. The third kappa shape index (κ3) is 4.01. The van der Waals surface area contributed by atoms with E-state index in [4.69, 9.17) is 19.5 Å². The molecule has 104 valence electrons. The maximum absolute atomic E-state index is 8.98. The van der Waals surface area contributed by atoms with Crippen LogP contribution in [0.5, 0.6) is 11.5 Å². The second-order valence-corrected chi connectivity index (χ2v) is 4.41. The lowest BCUT2D eigenvalue weighted by molar-refractivity contribution is 0.216. The predicted molar refractivity (Wildman–Crippen MR) is 78.4 cm³/mol. The summed E-state index contributed by atoms with van der Waals surface area (Å²) in [6.07, 6.45) is 0. The maximum atomic E-state index is 8.98. The van der Waals surface area contributed by atoms with Gasteiger partial charge in [-0.1, -0.05) is 30.3 Å². The lowest BCUT2D eigenvalue weighted by atomic mass is 9.80. The Morgan fingerprint density at radius 3 is 2.20 bits per heavy atom. The van der Waals surface area contributed by atoms with Gasteiger partial charge in [0.25, 0.3) is 0 Å². The van der Waals surface area contributed by atoms with E-state index in [0.717, 1.165) is 11.3 Å². The van der Waals surface area contributed by atoms with E-state index in [1.165, 1.54) is 0 Å². The van der Waals surface area contributed by atoms with Gasteiger partial charge >= 0.3 is 7.12 Å². The number of ether oxygens (including phenoxy) is 2. The van der Waals surface area contributed by atoms with Crippen LogP contribution in [-0.2, 0) is 0 Å². The molecule has 2 rings (SSSR count). The molecule has 5 heteroatoms. The van der Waals surface area contributed by atoms with Crippen LogP contribution < -0.4 is 14.9 Å². The zero-order valence-corrected chi connectivity index (χ0v) is 11.3. The molecule has 0 atom stereocenters. The summed E-state index contributed by atoms with van der Waals surface area (Å²) >= 11 is 0. The molecule has 0 aromatic heterocycles. The quantitative estimate of drug-likeness (QED) is 0.611. The minimum absolute atomic E-state index is 0.426. The van der Waals surface area contributed by atoms with Crippen molar-refractivity contribution in [2.75, 3.05) is 13.2 Å². The van der Waals surface area contributed by atoms with Crippen LogP contribution in [0, 0.1) is 6.92 Å². The van der Waals surface area contributed by atoms with Crippen molar-refractivity contribution in [1.29, 1.82) is 0 Å². The maximum Gasteiger partial charge on any atom is 0.488 e. The van der Waals surface area contributed by atoms with Crippen LogP contribution >= 0.6 is 0 Å². The molecule has 2 aromatic rings. The van der Waals surface area contributed by atoms with Crippen LogP contribution in [0.1, 0.15) is 5.56 Å². The first-order valence-electron chi connectivity index (χ1n) is 6.44. The topological polar surface area (TPSA) is 58.9 Å². The van der Waals surface area contributed by atoms with Gasteiger partial charge in [0.05, 0.1) is 0 Å². The fraction of sp³-hybridized carbons (Fsp3) is 0.200. The van der Waals surface area contributed by atoms with Gasteiger partial charge in [-0.25, -0.2) is 0 Å². The SMILES string of the molecule is Cc1ccccc1OCCOc1ccc(B(O)O)cc1. The summed E-state index contributed by atoms with van der Waals surface area (Å²) in [5.41, 5.74) is 1.53. The van der Waals surface area contributed by atoms with E-state index in [9.17, 15) is 0 Å². The molecular formula is C15H17BO4. The van der Waals surface area contributed by atoms with Gasteiger partial charge in [-0.3, -0.25) is 0 Å². The average Bonchev–Trinajstić information content (AvgIpc) is 2.46. The molecule has 4 nitrogen and oxygen atoms in total. The molecule has 0 unspecified atom stereocenters. The molecule has 0 aliphatic rings. The van der Waals surface area contributed by atoms with Crippen molar-refractivity contribution >= 4 is 12.6 Å². The van der Waals surface area contributed by atoms with E-state index in [2.05, 4.69) is 0 Å². The number of para-hydroxylation sites is 1. The van der Waals surface area contributed by atoms with Crippen molar-refractivity contribution in [3.63, 3.8) is 0 Å². The lowest BCUT2D eigenvalue weighted by Gasteiger charge is -2.10. The molecule has 0 amide bonds. The first kappa shape index (κ1) is 14.4. The monoisotopic (exact) mass is 272 g/mol. The molecule has 0 saturated carbocycles. The van der Waals surface area contributed by atoms with Gasteiger partial charge in [0.2, 0.25) is 0 Å². The van der Waals surface area contributed by atoms with Gasteiger partial charge in [-0.2, -0.15) is 0 Å². The fourth-order valence-electron chi connectivity index (χ4n) is 1.77. The molecule has 2 aromatic carbocycles. The molecular weight excluding hydrogens is 255 g/mol. The summed E-state index contributed by atoms with van der Waals surface area (Å²) in [5.74, 6) is 1.53. The Morgan fingerprint density at radius 2 is 1.55 bits per heavy atom. The summed E-state index contributed by atoms with van der Waals surface area (Å²) in [7, 11) is -1.45. The zero-order valence-electron chi connectivity index (χ0n) is 11.3. The summed E-state index contributed by atoms with van der Waals surface area (Å²) in [6.45, 7) is 2.87. The van der Waals surface area contributed by atoms with E-state index in [1.54, 1.807) is 24.3 Å². The summed E-state index contributed by atoms with van der Waals surface area (Å²) in [6, 6.07) is 14.4. The van der Waals surface area contributed by atoms with Crippen molar-refractivity contribution in [3.05, 3.63) is 54.1 Å². The Bertz CT molecular complexity index is 540. The Labute approximate surface area is 118 Å². The minimum atomic E-state index is -1.45. The highest BCUT2D eigenvalue weighted by molar-refractivity contribution is 6.58. The van der Waals surface area contributed by atoms with Crippen LogP contribution in [-0.4, -0.2) is 30.4 Å². The first-order valence-corrected chi connectivity index (χ1v) is 6.44. The lowest BCUT2D eigenvalue weighted by Crippen LogP contribution is -2.29. The normalized spacial score (nSPS) is 10.2. The van der Waals surface area contributed by atoms with E-state index < -0.39 is 7.12 Å². The number of hydrogen-bond donors (Lipinski definition) is 2. The van der Waals surface area contributed by atoms with Crippen LogP contribution in [0.25, 0.3) is 0 Å². The molecule has 0 fully saturated rings. The zero-order chi connectivity index (χ0) is 14.4. The highest BCUT2D eigenvalue weighted by Crippen LogP contribution is 2.16. The summed E-state index contributed by atoms with van der Waals surface area (Å²) < 4.78 is 11.1. The largest absolute Gasteiger partial charge is 0.490 e. The van der Waals surface area contributed by atoms with Gasteiger partial charge in [0, 0.05) is 0 Å². The highest BCUT2D eigenvalue weighted by Gasteiger charge is 2.09. The Morgan fingerprint density at radius 1 is 0.900 bits per heavy atom. The van der Waals surface area contributed by atoms with Gasteiger partial charge in [0.1, 0.15) is 24.7 Å². The molecule has 0 spiro atoms. The summed E-state index contributed by atoms with van der Waals surface area (Å²) in [5, 5.41) is 18.0. The highest BCUT2D eigenvalue weighted by atomic mass is 16.5. The van der Waals surface area contributed by atoms with Crippen LogP contribution in [0.3, 0.4) is 0 Å². The number of aryl methyl sites for hydroxylation is 1. The predicted octanol–water partition coefficient (Wildman–Crippen LogP) is 1.13. The molecule has 20 heavy (non-hydrogen) atoms. The molecule has 2 N–H and O–H groups in total. The smallest absolute Gasteiger partial charge is 0.488 e. The van der Waals surface area contributed by atoms with Crippen LogP contribution in [0.4, 0.5) is 0 Å². The second kappa shape index (κ2) is 6.98. The van der Waals surface area contributed by atoms with E-state index in [-0.39, 0.29) is 0 Å². The average molecular weight is 272 g/mol. The standard InChI is InChI=1S/C15H17BO4/c1-12-4-2-3-5-15(12)20-11-10-19-14-8-6-13(7-9-14)16(17)18/h2-9,17-18H,10-11H2,1H3. The van der Waals surface area contributed by atoms with Gasteiger partial charge in [-0.15, -0.1) is 0 Å². The minimum Gasteiger partial charge on any atom is -0.490 e. The van der Waals surface area contributed by atoms with E-state index >= 15 is 0 Å². The van der Waals surface area contributed by atoms with Gasteiger partial charge in [0.15, 0.2) is 0 Å². The van der Waals surface area contributed by atoms with Crippen molar-refractivity contribution in [1.82, 2.24) is 0 Å². The third-order valence-corrected chi connectivity index (χ3v) is 2.88. The van der Waals surface area contributed by atoms with Gasteiger partial charge < -0.3 is 19.5 Å². The number of benzene rings is 2. The van der Waals surface area contributed by atoms with E-state index in [0.29, 0.717) is 24.4 Å². The molecule has 0 saturated heterocycles. The van der Waals surface area contributed by atoms with E-state index in [1.807, 2.05) is 31.2 Å². The third-order valence-electron chi connectivity index (χ3n) is 2.88. The Hall–Kier alpha value is -1.98. The van der Waals surface area contributed by atoms with Crippen molar-refractivity contribution < 1.29 is 19.5 Å². The number of rotatable bonds is 6. The first-order chi connectivity index (χ1) is 9.66. The van der Waals surface area contributed by atoms with Crippen LogP contribution in [0.2, 0.25) is 0 Å². The van der Waals surface area contributed by atoms with Crippen molar-refractivity contribution in [3.8, 4) is 11.5 Å². The molecule has 0 bridgehead atoms. The Kier molecular flexibility index (Phi) is 5.04. The molecule has 0 radical (unpaired) electrons. The molecule has 0 heterocycles. The molecule has 0 aliphatic carbocycles. The Balaban J connectivity index is 1.77. The van der Waals surface area contributed by atoms with Crippen LogP contribution in [0.15, 0.2) is 48.5 Å². The van der Waals surface area contributed by atoms with Crippen molar-refractivity contribution in [2.45, 2.75) is 6.92 Å². The fourth-order valence-corrected chi connectivity index (χ4v) is 1.77. The molecule has 0 aliphatic heterocycles. The van der Waals surface area contributed by atoms with Crippen molar-refractivity contribution in [2.24, 2.45) is 0 Å². The van der Waals surface area contributed by atoms with Gasteiger partial charge in [-0.05, 0) is 36.1 Å². The number of hydrogen-bond acceptors (Lipinski definition) is 4.